The molecule has 1 aromatic carbocycles. The molecule has 1 N–H and O–H groups in total. The summed E-state index contributed by atoms with van der Waals surface area (Å²) in [5, 5.41) is 5.90. The number of likely N-dealkylation sites (N-methyl/N-ethyl adjacent to an activating group) is 1. The Kier molecular flexibility index (Phi) is 5.48. The maximum absolute atomic E-state index is 12.7. The Morgan fingerprint density at radius 2 is 2.21 bits per heavy atom. The predicted octanol–water partition coefficient (Wildman–Crippen LogP) is 3.03. The second-order valence-electron chi connectivity index (χ2n) is 5.85. The fourth-order valence-electron chi connectivity index (χ4n) is 3.06. The van der Waals surface area contributed by atoms with Gasteiger partial charge in [0, 0.05) is 30.1 Å². The van der Waals surface area contributed by atoms with Gasteiger partial charge in [0.05, 0.1) is 6.61 Å². The first kappa shape index (κ1) is 16.9. The van der Waals surface area contributed by atoms with Gasteiger partial charge in [-0.15, -0.1) is 11.3 Å². The Morgan fingerprint density at radius 1 is 1.42 bits per heavy atom. The van der Waals surface area contributed by atoms with Crippen molar-refractivity contribution in [3.63, 3.8) is 0 Å². The number of nitrogens with zero attached hydrogens (tertiary/aromatic N) is 2. The molecule has 6 heteroatoms. The third-order valence-electron chi connectivity index (χ3n) is 4.21. The minimum absolute atomic E-state index is 0.0428. The Hall–Kier alpha value is -1.92. The van der Waals surface area contributed by atoms with Crippen LogP contribution in [0.25, 0.3) is 10.6 Å². The van der Waals surface area contributed by atoms with Gasteiger partial charge in [0.25, 0.3) is 5.91 Å². The second kappa shape index (κ2) is 7.77. The molecule has 2 heterocycles. The van der Waals surface area contributed by atoms with Crippen molar-refractivity contribution in [1.29, 1.82) is 0 Å². The first-order valence-corrected chi connectivity index (χ1v) is 9.25. The SMILES string of the molecule is CCOc1ccc(-c2nc(C(=O)N3CCCC3CNC)cs2)cc1. The number of amides is 1. The molecule has 1 saturated heterocycles. The van der Waals surface area contributed by atoms with Gasteiger partial charge in [-0.3, -0.25) is 4.79 Å². The molecule has 0 saturated carbocycles. The molecular weight excluding hydrogens is 322 g/mol. The highest BCUT2D eigenvalue weighted by molar-refractivity contribution is 7.13. The topological polar surface area (TPSA) is 54.5 Å². The largest absolute Gasteiger partial charge is 0.494 e. The fraction of sp³-hybridized carbons (Fsp3) is 0.444. The number of ether oxygens (including phenoxy) is 1. The summed E-state index contributed by atoms with van der Waals surface area (Å²) in [5.41, 5.74) is 1.56. The molecule has 24 heavy (non-hydrogen) atoms. The lowest BCUT2D eigenvalue weighted by Gasteiger charge is -2.23. The zero-order valence-electron chi connectivity index (χ0n) is 14.1. The summed E-state index contributed by atoms with van der Waals surface area (Å²) in [7, 11) is 1.92. The standard InChI is InChI=1S/C18H23N3O2S/c1-3-23-15-8-6-13(7-9-15)17-20-16(12-24-17)18(22)21-10-4-5-14(21)11-19-2/h6-9,12,14,19H,3-5,10-11H2,1-2H3. The first-order valence-electron chi connectivity index (χ1n) is 8.37. The number of rotatable bonds is 6. The van der Waals surface area contributed by atoms with Crippen LogP contribution in [0.5, 0.6) is 5.75 Å². The lowest BCUT2D eigenvalue weighted by atomic mass is 10.2. The molecule has 1 fully saturated rings. The van der Waals surface area contributed by atoms with Crippen LogP contribution in [0.2, 0.25) is 0 Å². The van der Waals surface area contributed by atoms with E-state index in [0.29, 0.717) is 12.3 Å². The summed E-state index contributed by atoms with van der Waals surface area (Å²) in [5.74, 6) is 0.891. The van der Waals surface area contributed by atoms with E-state index in [4.69, 9.17) is 4.74 Å². The summed E-state index contributed by atoms with van der Waals surface area (Å²) >= 11 is 1.51. The maximum atomic E-state index is 12.7. The highest BCUT2D eigenvalue weighted by Crippen LogP contribution is 2.27. The summed E-state index contributed by atoms with van der Waals surface area (Å²) < 4.78 is 5.46. The Labute approximate surface area is 146 Å². The van der Waals surface area contributed by atoms with Crippen LogP contribution < -0.4 is 10.1 Å². The van der Waals surface area contributed by atoms with Crippen molar-refractivity contribution in [3.8, 4) is 16.3 Å². The fourth-order valence-corrected chi connectivity index (χ4v) is 3.86. The monoisotopic (exact) mass is 345 g/mol. The molecule has 5 nitrogen and oxygen atoms in total. The number of benzene rings is 1. The molecule has 1 aliphatic rings. The van der Waals surface area contributed by atoms with Crippen LogP contribution in [0.15, 0.2) is 29.6 Å². The number of thiazole rings is 1. The average Bonchev–Trinajstić information content (AvgIpc) is 3.25. The van der Waals surface area contributed by atoms with Crippen LogP contribution >= 0.6 is 11.3 Å². The highest BCUT2D eigenvalue weighted by Gasteiger charge is 2.30. The van der Waals surface area contributed by atoms with Crippen molar-refractivity contribution < 1.29 is 9.53 Å². The van der Waals surface area contributed by atoms with E-state index < -0.39 is 0 Å². The van der Waals surface area contributed by atoms with E-state index >= 15 is 0 Å². The quantitative estimate of drug-likeness (QED) is 0.874. The van der Waals surface area contributed by atoms with E-state index in [1.807, 2.05) is 48.5 Å². The highest BCUT2D eigenvalue weighted by atomic mass is 32.1. The van der Waals surface area contributed by atoms with Gasteiger partial charge < -0.3 is 15.0 Å². The van der Waals surface area contributed by atoms with Gasteiger partial charge in [-0.05, 0) is 51.1 Å². The molecule has 0 spiro atoms. The molecule has 0 radical (unpaired) electrons. The van der Waals surface area contributed by atoms with Gasteiger partial charge in [-0.2, -0.15) is 0 Å². The predicted molar refractivity (Wildman–Crippen MR) is 96.7 cm³/mol. The van der Waals surface area contributed by atoms with Gasteiger partial charge >= 0.3 is 0 Å². The summed E-state index contributed by atoms with van der Waals surface area (Å²) in [4.78, 5) is 19.3. The number of carbonyl (C=O) groups is 1. The Bertz CT molecular complexity index is 684. The molecule has 1 atom stereocenters. The molecule has 1 aromatic heterocycles. The van der Waals surface area contributed by atoms with Crippen molar-refractivity contribution in [3.05, 3.63) is 35.3 Å². The van der Waals surface area contributed by atoms with Crippen molar-refractivity contribution in [2.45, 2.75) is 25.8 Å². The minimum Gasteiger partial charge on any atom is -0.494 e. The van der Waals surface area contributed by atoms with Crippen molar-refractivity contribution in [1.82, 2.24) is 15.2 Å². The molecule has 2 aromatic rings. The molecule has 1 amide bonds. The molecule has 128 valence electrons. The van der Waals surface area contributed by atoms with Crippen molar-refractivity contribution >= 4 is 17.2 Å². The lowest BCUT2D eigenvalue weighted by Crippen LogP contribution is -2.40. The van der Waals surface area contributed by atoms with Crippen molar-refractivity contribution in [2.24, 2.45) is 0 Å². The van der Waals surface area contributed by atoms with Crippen LogP contribution in [-0.4, -0.2) is 48.6 Å². The van der Waals surface area contributed by atoms with E-state index in [1.54, 1.807) is 0 Å². The Balaban J connectivity index is 1.74. The van der Waals surface area contributed by atoms with Crippen LogP contribution in [0.3, 0.4) is 0 Å². The van der Waals surface area contributed by atoms with Crippen LogP contribution in [0, 0.1) is 0 Å². The molecule has 1 aliphatic heterocycles. The number of likely N-dealkylation sites (tertiary alicyclic amines) is 1. The smallest absolute Gasteiger partial charge is 0.273 e. The lowest BCUT2D eigenvalue weighted by molar-refractivity contribution is 0.0732. The third kappa shape index (κ3) is 3.60. The van der Waals surface area contributed by atoms with E-state index in [2.05, 4.69) is 10.3 Å². The van der Waals surface area contributed by atoms with E-state index in [9.17, 15) is 4.79 Å². The first-order chi connectivity index (χ1) is 11.7. The molecule has 0 aliphatic carbocycles. The van der Waals surface area contributed by atoms with Gasteiger partial charge in [-0.25, -0.2) is 4.98 Å². The molecule has 0 bridgehead atoms. The number of nitrogens with one attached hydrogen (secondary N) is 1. The zero-order chi connectivity index (χ0) is 16.9. The molecule has 1 unspecified atom stereocenters. The number of carbonyl (C=O) groups excluding carboxylic acids is 1. The zero-order valence-corrected chi connectivity index (χ0v) is 14.9. The number of aromatic nitrogens is 1. The maximum Gasteiger partial charge on any atom is 0.273 e. The molecule has 3 rings (SSSR count). The normalized spacial score (nSPS) is 17.2. The van der Waals surface area contributed by atoms with Gasteiger partial charge in [0.2, 0.25) is 0 Å². The summed E-state index contributed by atoms with van der Waals surface area (Å²) in [6, 6.07) is 8.12. The molecular formula is C18H23N3O2S. The van der Waals surface area contributed by atoms with E-state index in [0.717, 1.165) is 42.3 Å². The summed E-state index contributed by atoms with van der Waals surface area (Å²) in [6.07, 6.45) is 2.12. The van der Waals surface area contributed by atoms with Crippen molar-refractivity contribution in [2.75, 3.05) is 26.7 Å². The third-order valence-corrected chi connectivity index (χ3v) is 5.10. The second-order valence-corrected chi connectivity index (χ2v) is 6.71. The number of hydrogen-bond acceptors (Lipinski definition) is 5. The van der Waals surface area contributed by atoms with Gasteiger partial charge in [-0.1, -0.05) is 0 Å². The van der Waals surface area contributed by atoms with Gasteiger partial charge in [0.1, 0.15) is 16.5 Å². The van der Waals surface area contributed by atoms with E-state index in [1.165, 1.54) is 11.3 Å². The van der Waals surface area contributed by atoms with E-state index in [-0.39, 0.29) is 11.9 Å². The van der Waals surface area contributed by atoms with Crippen LogP contribution in [-0.2, 0) is 0 Å². The van der Waals surface area contributed by atoms with Crippen LogP contribution in [0.4, 0.5) is 0 Å². The average molecular weight is 345 g/mol. The van der Waals surface area contributed by atoms with Gasteiger partial charge in [0.15, 0.2) is 0 Å². The summed E-state index contributed by atoms with van der Waals surface area (Å²) in [6.45, 7) is 4.27. The number of hydrogen-bond donors (Lipinski definition) is 1. The minimum atomic E-state index is 0.0428. The Morgan fingerprint density at radius 3 is 2.92 bits per heavy atom. The van der Waals surface area contributed by atoms with Crippen LogP contribution in [0.1, 0.15) is 30.3 Å².